The molecule has 0 atom stereocenters. The largest absolute Gasteiger partial charge is 0.0949 e. The van der Waals surface area contributed by atoms with E-state index in [1.807, 2.05) is 0 Å². The fourth-order valence-corrected chi connectivity index (χ4v) is 1.74. The smallest absolute Gasteiger partial charge is 0.00914 e. The molecular formula is C10H12. The predicted molar refractivity (Wildman–Crippen MR) is 43.8 cm³/mol. The van der Waals surface area contributed by atoms with E-state index in [2.05, 4.69) is 18.7 Å². The Morgan fingerprint density at radius 3 is 3.00 bits per heavy atom. The first kappa shape index (κ1) is 5.96. The molecule has 0 amide bonds. The lowest BCUT2D eigenvalue weighted by Gasteiger charge is -2.11. The van der Waals surface area contributed by atoms with Crippen LogP contribution in [0.3, 0.4) is 0 Å². The summed E-state index contributed by atoms with van der Waals surface area (Å²) in [7, 11) is 0. The predicted octanol–water partition coefficient (Wildman–Crippen LogP) is 2.98. The summed E-state index contributed by atoms with van der Waals surface area (Å²) >= 11 is 0. The van der Waals surface area contributed by atoms with Gasteiger partial charge in [-0.1, -0.05) is 18.7 Å². The van der Waals surface area contributed by atoms with Crippen LogP contribution in [-0.4, -0.2) is 0 Å². The molecule has 0 unspecified atom stereocenters. The van der Waals surface area contributed by atoms with Gasteiger partial charge in [-0.05, 0) is 42.4 Å². The van der Waals surface area contributed by atoms with Crippen molar-refractivity contribution >= 4 is 0 Å². The maximum Gasteiger partial charge on any atom is -0.00914 e. The van der Waals surface area contributed by atoms with E-state index in [1.54, 1.807) is 5.57 Å². The summed E-state index contributed by atoms with van der Waals surface area (Å²) in [6.45, 7) is 4.02. The molecule has 0 aromatic carbocycles. The molecule has 2 rings (SSSR count). The number of hydrogen-bond acceptors (Lipinski definition) is 0. The van der Waals surface area contributed by atoms with Gasteiger partial charge in [0.1, 0.15) is 0 Å². The Balaban J connectivity index is 2.38. The Hall–Kier alpha value is -0.780. The fourth-order valence-electron chi connectivity index (χ4n) is 1.74. The molecule has 10 heavy (non-hydrogen) atoms. The minimum Gasteiger partial charge on any atom is -0.0949 e. The van der Waals surface area contributed by atoms with E-state index >= 15 is 0 Å². The molecule has 0 N–H and O–H groups in total. The zero-order valence-electron chi connectivity index (χ0n) is 6.19. The molecule has 0 spiro atoms. The number of rotatable bonds is 0. The second-order valence-corrected chi connectivity index (χ2v) is 3.05. The quantitative estimate of drug-likeness (QED) is 0.475. The summed E-state index contributed by atoms with van der Waals surface area (Å²) in [4.78, 5) is 0. The molecule has 2 aliphatic carbocycles. The minimum atomic E-state index is 1.10. The lowest BCUT2D eigenvalue weighted by atomic mass is 9.94. The van der Waals surface area contributed by atoms with Crippen molar-refractivity contribution in [3.05, 3.63) is 35.5 Å². The summed E-state index contributed by atoms with van der Waals surface area (Å²) < 4.78 is 0. The highest BCUT2D eigenvalue weighted by Gasteiger charge is 2.16. The van der Waals surface area contributed by atoms with Gasteiger partial charge in [-0.3, -0.25) is 0 Å². The standard InChI is InChI=1S/C10H12/c1-8-6-7-9-4-2-3-5-10(8)9/h5,7H,1-4,6H2. The van der Waals surface area contributed by atoms with Crippen LogP contribution in [0.15, 0.2) is 35.5 Å². The van der Waals surface area contributed by atoms with Crippen LogP contribution >= 0.6 is 0 Å². The molecule has 0 aromatic heterocycles. The Morgan fingerprint density at radius 1 is 1.30 bits per heavy atom. The molecule has 0 heteroatoms. The number of fused-ring (bicyclic) bond motifs is 1. The Kier molecular flexibility index (Phi) is 1.26. The SMILES string of the molecule is C=C1CC=C2CCCC=C12. The van der Waals surface area contributed by atoms with Crippen LogP contribution in [-0.2, 0) is 0 Å². The van der Waals surface area contributed by atoms with Crippen molar-refractivity contribution in [2.24, 2.45) is 0 Å². The lowest BCUT2D eigenvalue weighted by molar-refractivity contribution is 0.811. The van der Waals surface area contributed by atoms with Gasteiger partial charge in [-0.25, -0.2) is 0 Å². The highest BCUT2D eigenvalue weighted by Crippen LogP contribution is 2.35. The monoisotopic (exact) mass is 132 g/mol. The van der Waals surface area contributed by atoms with Crippen molar-refractivity contribution < 1.29 is 0 Å². The van der Waals surface area contributed by atoms with Crippen LogP contribution in [0.4, 0.5) is 0 Å². The highest BCUT2D eigenvalue weighted by molar-refractivity contribution is 5.52. The van der Waals surface area contributed by atoms with Gasteiger partial charge in [0.25, 0.3) is 0 Å². The first-order chi connectivity index (χ1) is 4.88. The zero-order chi connectivity index (χ0) is 6.97. The zero-order valence-corrected chi connectivity index (χ0v) is 6.19. The van der Waals surface area contributed by atoms with Crippen LogP contribution in [0, 0.1) is 0 Å². The highest BCUT2D eigenvalue weighted by atomic mass is 14.2. The van der Waals surface area contributed by atoms with Crippen LogP contribution in [0.1, 0.15) is 25.7 Å². The van der Waals surface area contributed by atoms with Crippen molar-refractivity contribution in [3.8, 4) is 0 Å². The lowest BCUT2D eigenvalue weighted by Crippen LogP contribution is -1.92. The van der Waals surface area contributed by atoms with E-state index in [0.717, 1.165) is 6.42 Å². The van der Waals surface area contributed by atoms with E-state index in [9.17, 15) is 0 Å². The molecular weight excluding hydrogens is 120 g/mol. The third-order valence-corrected chi connectivity index (χ3v) is 2.32. The average Bonchev–Trinajstić information content (AvgIpc) is 2.34. The summed E-state index contributed by atoms with van der Waals surface area (Å²) in [5.74, 6) is 0. The van der Waals surface area contributed by atoms with Gasteiger partial charge in [-0.15, -0.1) is 0 Å². The van der Waals surface area contributed by atoms with Gasteiger partial charge in [-0.2, -0.15) is 0 Å². The molecule has 0 aliphatic heterocycles. The molecule has 2 aliphatic rings. The minimum absolute atomic E-state index is 1.10. The Labute approximate surface area is 61.9 Å². The van der Waals surface area contributed by atoms with Gasteiger partial charge >= 0.3 is 0 Å². The van der Waals surface area contributed by atoms with Crippen molar-refractivity contribution in [2.75, 3.05) is 0 Å². The maximum absolute atomic E-state index is 4.02. The molecule has 52 valence electrons. The van der Waals surface area contributed by atoms with Gasteiger partial charge in [0.2, 0.25) is 0 Å². The molecule has 0 radical (unpaired) electrons. The van der Waals surface area contributed by atoms with Crippen molar-refractivity contribution in [1.29, 1.82) is 0 Å². The van der Waals surface area contributed by atoms with Gasteiger partial charge < -0.3 is 0 Å². The summed E-state index contributed by atoms with van der Waals surface area (Å²) in [6, 6.07) is 0. The molecule has 0 saturated heterocycles. The van der Waals surface area contributed by atoms with E-state index in [0.29, 0.717) is 0 Å². The fraction of sp³-hybridized carbons (Fsp3) is 0.400. The van der Waals surface area contributed by atoms with E-state index < -0.39 is 0 Å². The topological polar surface area (TPSA) is 0 Å². The van der Waals surface area contributed by atoms with E-state index in [4.69, 9.17) is 0 Å². The Morgan fingerprint density at radius 2 is 2.20 bits per heavy atom. The average molecular weight is 132 g/mol. The van der Waals surface area contributed by atoms with Crippen molar-refractivity contribution in [1.82, 2.24) is 0 Å². The van der Waals surface area contributed by atoms with E-state index in [-0.39, 0.29) is 0 Å². The third kappa shape index (κ3) is 0.756. The number of allylic oxidation sites excluding steroid dienone is 5. The van der Waals surface area contributed by atoms with Gasteiger partial charge in [0.15, 0.2) is 0 Å². The van der Waals surface area contributed by atoms with Crippen LogP contribution in [0.5, 0.6) is 0 Å². The molecule has 0 saturated carbocycles. The number of hydrogen-bond donors (Lipinski definition) is 0. The van der Waals surface area contributed by atoms with Gasteiger partial charge in [0, 0.05) is 0 Å². The first-order valence-electron chi connectivity index (χ1n) is 3.95. The van der Waals surface area contributed by atoms with Crippen LogP contribution < -0.4 is 0 Å². The maximum atomic E-state index is 4.02. The summed E-state index contributed by atoms with van der Waals surface area (Å²) in [5, 5.41) is 0. The van der Waals surface area contributed by atoms with E-state index in [1.165, 1.54) is 30.4 Å². The molecule has 0 aromatic rings. The van der Waals surface area contributed by atoms with Crippen LogP contribution in [0.2, 0.25) is 0 Å². The van der Waals surface area contributed by atoms with Gasteiger partial charge in [0.05, 0.1) is 0 Å². The molecule has 0 bridgehead atoms. The first-order valence-corrected chi connectivity index (χ1v) is 3.95. The molecule has 0 fully saturated rings. The second kappa shape index (κ2) is 2.12. The Bertz CT molecular complexity index is 228. The summed E-state index contributed by atoms with van der Waals surface area (Å²) in [5.41, 5.74) is 4.34. The molecule has 0 heterocycles. The van der Waals surface area contributed by atoms with Crippen LogP contribution in [0.25, 0.3) is 0 Å². The second-order valence-electron chi connectivity index (χ2n) is 3.05. The molecule has 0 nitrogen and oxygen atoms in total. The van der Waals surface area contributed by atoms with Crippen molar-refractivity contribution in [2.45, 2.75) is 25.7 Å². The summed E-state index contributed by atoms with van der Waals surface area (Å²) in [6.07, 6.45) is 9.64. The normalized spacial score (nSPS) is 23.8. The third-order valence-electron chi connectivity index (χ3n) is 2.32. The van der Waals surface area contributed by atoms with Crippen molar-refractivity contribution in [3.63, 3.8) is 0 Å².